The van der Waals surface area contributed by atoms with Gasteiger partial charge in [-0.2, -0.15) is 13.2 Å². The number of aromatic amines is 1. The second-order valence-corrected chi connectivity index (χ2v) is 5.95. The first-order chi connectivity index (χ1) is 11.8. The first-order valence-corrected chi connectivity index (χ1v) is 7.60. The summed E-state index contributed by atoms with van der Waals surface area (Å²) >= 11 is 0. The third kappa shape index (κ3) is 3.38. The van der Waals surface area contributed by atoms with E-state index in [-0.39, 0.29) is 5.69 Å². The smallest absolute Gasteiger partial charge is 0.394 e. The number of rotatable bonds is 3. The Kier molecular flexibility index (Phi) is 4.28. The van der Waals surface area contributed by atoms with Gasteiger partial charge in [-0.3, -0.25) is 9.59 Å². The average molecular weight is 352 g/mol. The highest BCUT2D eigenvalue weighted by atomic mass is 19.4. The molecule has 1 aliphatic heterocycles. The number of H-pyrrole nitrogens is 1. The Morgan fingerprint density at radius 1 is 1.08 bits per heavy atom. The molecule has 1 saturated heterocycles. The molecule has 1 aromatic heterocycles. The van der Waals surface area contributed by atoms with Gasteiger partial charge in [0.25, 0.3) is 5.91 Å². The Balaban J connectivity index is 1.80. The lowest BCUT2D eigenvalue weighted by Crippen LogP contribution is -2.34. The van der Waals surface area contributed by atoms with Crippen molar-refractivity contribution in [2.45, 2.75) is 6.18 Å². The van der Waals surface area contributed by atoms with Gasteiger partial charge in [-0.1, -0.05) is 30.3 Å². The summed E-state index contributed by atoms with van der Waals surface area (Å²) < 4.78 is 39.1. The number of nitrogens with zero attached hydrogens (tertiary/aromatic N) is 1. The maximum atomic E-state index is 13.0. The van der Waals surface area contributed by atoms with E-state index in [1.54, 1.807) is 6.07 Å². The van der Waals surface area contributed by atoms with Crippen molar-refractivity contribution in [3.63, 3.8) is 0 Å². The molecule has 2 heterocycles. The standard InChI is InChI=1S/C17H15F3N2O3/c18-17(19,20)12-9-22(8-11(12)16(24)25)15(23)14-7-6-13(21-14)10-4-2-1-3-5-10/h1-7,11-12,21H,8-9H2,(H,24,25)/t11-,12-/m1/s1. The Morgan fingerprint density at radius 3 is 2.32 bits per heavy atom. The number of carboxylic acid groups (broad SMARTS) is 1. The molecular weight excluding hydrogens is 337 g/mol. The molecular formula is C17H15F3N2O3. The lowest BCUT2D eigenvalue weighted by molar-refractivity contribution is -0.187. The van der Waals surface area contributed by atoms with Crippen LogP contribution >= 0.6 is 0 Å². The Labute approximate surface area is 141 Å². The third-order valence-corrected chi connectivity index (χ3v) is 4.35. The number of aromatic nitrogens is 1. The zero-order chi connectivity index (χ0) is 18.2. The summed E-state index contributed by atoms with van der Waals surface area (Å²) in [6.07, 6.45) is -4.66. The number of carboxylic acids is 1. The first-order valence-electron chi connectivity index (χ1n) is 7.60. The van der Waals surface area contributed by atoms with Crippen molar-refractivity contribution in [2.75, 3.05) is 13.1 Å². The van der Waals surface area contributed by atoms with Crippen molar-refractivity contribution >= 4 is 11.9 Å². The van der Waals surface area contributed by atoms with Gasteiger partial charge in [0.1, 0.15) is 5.69 Å². The maximum Gasteiger partial charge on any atom is 0.394 e. The Morgan fingerprint density at radius 2 is 1.76 bits per heavy atom. The minimum absolute atomic E-state index is 0.130. The van der Waals surface area contributed by atoms with E-state index < -0.39 is 43.0 Å². The Bertz CT molecular complexity index is 786. The lowest BCUT2D eigenvalue weighted by atomic mass is 9.96. The first kappa shape index (κ1) is 17.1. The van der Waals surface area contributed by atoms with Crippen LogP contribution in [0.2, 0.25) is 0 Å². The molecule has 25 heavy (non-hydrogen) atoms. The molecule has 2 N–H and O–H groups in total. The summed E-state index contributed by atoms with van der Waals surface area (Å²) in [6.45, 7) is -1.11. The van der Waals surface area contributed by atoms with Gasteiger partial charge in [-0.25, -0.2) is 0 Å². The molecule has 0 unspecified atom stereocenters. The van der Waals surface area contributed by atoms with Crippen molar-refractivity contribution in [1.82, 2.24) is 9.88 Å². The number of amides is 1. The van der Waals surface area contributed by atoms with Crippen molar-refractivity contribution in [3.05, 3.63) is 48.2 Å². The van der Waals surface area contributed by atoms with Gasteiger partial charge in [0.05, 0.1) is 11.8 Å². The van der Waals surface area contributed by atoms with E-state index in [0.717, 1.165) is 10.5 Å². The highest BCUT2D eigenvalue weighted by molar-refractivity contribution is 5.94. The van der Waals surface area contributed by atoms with Crippen LogP contribution in [0.15, 0.2) is 42.5 Å². The number of alkyl halides is 3. The minimum Gasteiger partial charge on any atom is -0.481 e. The molecule has 0 spiro atoms. The molecule has 8 heteroatoms. The van der Waals surface area contributed by atoms with Gasteiger partial charge < -0.3 is 15.0 Å². The van der Waals surface area contributed by atoms with E-state index in [4.69, 9.17) is 5.11 Å². The molecule has 0 radical (unpaired) electrons. The molecule has 2 atom stereocenters. The fourth-order valence-corrected chi connectivity index (χ4v) is 3.03. The van der Waals surface area contributed by atoms with Crippen molar-refractivity contribution in [1.29, 1.82) is 0 Å². The zero-order valence-electron chi connectivity index (χ0n) is 13.0. The van der Waals surface area contributed by atoms with Gasteiger partial charge in [0.15, 0.2) is 0 Å². The molecule has 1 aliphatic rings. The van der Waals surface area contributed by atoms with Crippen LogP contribution in [0.3, 0.4) is 0 Å². The van der Waals surface area contributed by atoms with Crippen molar-refractivity contribution in [2.24, 2.45) is 11.8 Å². The predicted molar refractivity (Wildman–Crippen MR) is 82.8 cm³/mol. The molecule has 1 aromatic carbocycles. The van der Waals surface area contributed by atoms with Gasteiger partial charge in [-0.15, -0.1) is 0 Å². The summed E-state index contributed by atoms with van der Waals surface area (Å²) in [5.41, 5.74) is 1.62. The number of carbonyl (C=O) groups is 2. The highest BCUT2D eigenvalue weighted by Gasteiger charge is 2.53. The maximum absolute atomic E-state index is 13.0. The summed E-state index contributed by atoms with van der Waals surface area (Å²) in [5, 5.41) is 9.02. The fraction of sp³-hybridized carbons (Fsp3) is 0.294. The van der Waals surface area contributed by atoms with Crippen LogP contribution in [-0.4, -0.2) is 46.1 Å². The topological polar surface area (TPSA) is 73.4 Å². The normalized spacial score (nSPS) is 20.7. The fourth-order valence-electron chi connectivity index (χ4n) is 3.03. The largest absolute Gasteiger partial charge is 0.481 e. The SMILES string of the molecule is O=C(O)[C@@H]1CN(C(=O)c2ccc(-c3ccccc3)[nH]2)C[C@H]1C(F)(F)F. The number of halogens is 3. The molecule has 0 bridgehead atoms. The van der Waals surface area contributed by atoms with Crippen LogP contribution < -0.4 is 0 Å². The number of likely N-dealkylation sites (tertiary alicyclic amines) is 1. The van der Waals surface area contributed by atoms with E-state index in [1.807, 2.05) is 30.3 Å². The van der Waals surface area contributed by atoms with Gasteiger partial charge in [0, 0.05) is 18.8 Å². The molecule has 2 aromatic rings. The van der Waals surface area contributed by atoms with E-state index in [2.05, 4.69) is 4.98 Å². The van der Waals surface area contributed by atoms with Crippen molar-refractivity contribution < 1.29 is 27.9 Å². The van der Waals surface area contributed by atoms with Gasteiger partial charge in [0.2, 0.25) is 0 Å². The molecule has 3 rings (SSSR count). The van der Waals surface area contributed by atoms with Crippen LogP contribution in [0.4, 0.5) is 13.2 Å². The molecule has 0 saturated carbocycles. The second-order valence-electron chi connectivity index (χ2n) is 5.95. The zero-order valence-corrected chi connectivity index (χ0v) is 13.0. The van der Waals surface area contributed by atoms with E-state index in [9.17, 15) is 22.8 Å². The monoisotopic (exact) mass is 352 g/mol. The van der Waals surface area contributed by atoms with Crippen LogP contribution in [0.1, 0.15) is 10.5 Å². The van der Waals surface area contributed by atoms with E-state index >= 15 is 0 Å². The second kappa shape index (κ2) is 6.27. The van der Waals surface area contributed by atoms with Crippen LogP contribution in [-0.2, 0) is 4.79 Å². The van der Waals surface area contributed by atoms with Gasteiger partial charge >= 0.3 is 12.1 Å². The molecule has 132 valence electrons. The van der Waals surface area contributed by atoms with E-state index in [1.165, 1.54) is 6.07 Å². The van der Waals surface area contributed by atoms with E-state index in [0.29, 0.717) is 5.69 Å². The molecule has 0 aliphatic carbocycles. The number of benzene rings is 1. The summed E-state index contributed by atoms with van der Waals surface area (Å²) in [7, 11) is 0. The van der Waals surface area contributed by atoms with Crippen molar-refractivity contribution in [3.8, 4) is 11.3 Å². The highest BCUT2D eigenvalue weighted by Crippen LogP contribution is 2.38. The third-order valence-electron chi connectivity index (χ3n) is 4.35. The minimum atomic E-state index is -4.66. The van der Waals surface area contributed by atoms with Crippen LogP contribution in [0, 0.1) is 11.8 Å². The number of nitrogens with one attached hydrogen (secondary N) is 1. The summed E-state index contributed by atoms with van der Waals surface area (Å²) in [5.74, 6) is -5.89. The summed E-state index contributed by atoms with van der Waals surface area (Å²) in [4.78, 5) is 27.4. The summed E-state index contributed by atoms with van der Waals surface area (Å²) in [6, 6.07) is 12.3. The van der Waals surface area contributed by atoms with Gasteiger partial charge in [-0.05, 0) is 17.7 Å². The lowest BCUT2D eigenvalue weighted by Gasteiger charge is -2.18. The number of hydrogen-bond donors (Lipinski definition) is 2. The van der Waals surface area contributed by atoms with Crippen LogP contribution in [0.25, 0.3) is 11.3 Å². The average Bonchev–Trinajstić information content (AvgIpc) is 3.22. The quantitative estimate of drug-likeness (QED) is 0.892. The number of carbonyl (C=O) groups excluding carboxylic acids is 1. The molecule has 1 fully saturated rings. The van der Waals surface area contributed by atoms with Crippen LogP contribution in [0.5, 0.6) is 0 Å². The Hall–Kier alpha value is -2.77. The molecule has 5 nitrogen and oxygen atoms in total. The molecule has 1 amide bonds. The number of aliphatic carboxylic acids is 1. The number of hydrogen-bond acceptors (Lipinski definition) is 2. The predicted octanol–water partition coefficient (Wildman–Crippen LogP) is 3.02.